The molecule has 0 amide bonds. The average molecular weight is 280 g/mol. The van der Waals surface area contributed by atoms with Gasteiger partial charge in [0.15, 0.2) is 5.96 Å². The van der Waals surface area contributed by atoms with Crippen molar-refractivity contribution in [3.63, 3.8) is 0 Å². The highest BCUT2D eigenvalue weighted by Crippen LogP contribution is 2.59. The van der Waals surface area contributed by atoms with Gasteiger partial charge < -0.3 is 11.1 Å². The van der Waals surface area contributed by atoms with E-state index in [1.54, 1.807) is 6.20 Å². The summed E-state index contributed by atoms with van der Waals surface area (Å²) < 4.78 is 0. The summed E-state index contributed by atoms with van der Waals surface area (Å²) in [6.07, 6.45) is 2.89. The number of rotatable bonds is 4. The zero-order chi connectivity index (χ0) is 14.7. The quantitative estimate of drug-likeness (QED) is 0.668. The molecule has 108 valence electrons. The lowest BCUT2D eigenvalue weighted by Gasteiger charge is -2.10. The van der Waals surface area contributed by atoms with Crippen molar-refractivity contribution in [2.24, 2.45) is 16.1 Å². The minimum Gasteiger partial charge on any atom is -0.370 e. The van der Waals surface area contributed by atoms with Crippen LogP contribution in [0, 0.1) is 5.41 Å². The van der Waals surface area contributed by atoms with Crippen molar-refractivity contribution in [2.45, 2.75) is 19.3 Å². The van der Waals surface area contributed by atoms with Crippen LogP contribution in [0.1, 0.15) is 24.8 Å². The number of nitrogens with one attached hydrogen (secondary N) is 1. The van der Waals surface area contributed by atoms with Crippen molar-refractivity contribution in [3.05, 3.63) is 60.3 Å². The van der Waals surface area contributed by atoms with E-state index in [0.717, 1.165) is 18.8 Å². The van der Waals surface area contributed by atoms with Crippen LogP contribution >= 0.6 is 0 Å². The van der Waals surface area contributed by atoms with E-state index in [1.807, 2.05) is 18.2 Å². The Bertz CT molecular complexity index is 624. The van der Waals surface area contributed by atoms with Gasteiger partial charge >= 0.3 is 0 Å². The lowest BCUT2D eigenvalue weighted by molar-refractivity contribution is 0.565. The zero-order valence-electron chi connectivity index (χ0n) is 12.2. The molecule has 4 nitrogen and oxygen atoms in total. The Morgan fingerprint density at radius 2 is 2.05 bits per heavy atom. The van der Waals surface area contributed by atoms with Crippen LogP contribution in [0.5, 0.6) is 0 Å². The van der Waals surface area contributed by atoms with Gasteiger partial charge in [0.05, 0.1) is 0 Å². The Balaban J connectivity index is 1.59. The van der Waals surface area contributed by atoms with Crippen LogP contribution < -0.4 is 11.1 Å². The molecular formula is C17H20N4. The molecule has 1 aliphatic rings. The molecule has 0 aliphatic heterocycles. The second-order valence-electron chi connectivity index (χ2n) is 5.86. The van der Waals surface area contributed by atoms with E-state index >= 15 is 0 Å². The molecule has 2 aromatic rings. The van der Waals surface area contributed by atoms with Crippen molar-refractivity contribution in [1.29, 1.82) is 0 Å². The molecule has 1 heterocycles. The third-order valence-electron chi connectivity index (χ3n) is 4.09. The van der Waals surface area contributed by atoms with E-state index in [1.165, 1.54) is 5.56 Å². The third-order valence-corrected chi connectivity index (χ3v) is 4.09. The summed E-state index contributed by atoms with van der Waals surface area (Å²) >= 11 is 0. The number of guanidine groups is 1. The van der Waals surface area contributed by atoms with Crippen molar-refractivity contribution >= 4 is 11.8 Å². The first-order valence-electron chi connectivity index (χ1n) is 7.20. The number of anilines is 1. The Morgan fingerprint density at radius 1 is 1.29 bits per heavy atom. The van der Waals surface area contributed by atoms with Gasteiger partial charge in [0.1, 0.15) is 5.82 Å². The molecule has 3 rings (SSSR count). The molecule has 0 unspecified atom stereocenters. The van der Waals surface area contributed by atoms with E-state index in [9.17, 15) is 0 Å². The van der Waals surface area contributed by atoms with Crippen molar-refractivity contribution in [3.8, 4) is 0 Å². The number of hydrogen-bond donors (Lipinski definition) is 2. The fourth-order valence-corrected chi connectivity index (χ4v) is 2.66. The first-order chi connectivity index (χ1) is 10.2. The number of nitrogens with two attached hydrogens (primary N) is 1. The van der Waals surface area contributed by atoms with Crippen LogP contribution in [0.25, 0.3) is 0 Å². The lowest BCUT2D eigenvalue weighted by atomic mass is 10.0. The van der Waals surface area contributed by atoms with Gasteiger partial charge in [0.2, 0.25) is 0 Å². The largest absolute Gasteiger partial charge is 0.370 e. The molecule has 0 radical (unpaired) electrons. The molecule has 21 heavy (non-hydrogen) atoms. The second kappa shape index (κ2) is 5.56. The minimum absolute atomic E-state index is 0.220. The maximum Gasteiger partial charge on any atom is 0.194 e. The fourth-order valence-electron chi connectivity index (χ4n) is 2.66. The van der Waals surface area contributed by atoms with Crippen LogP contribution in [0.15, 0.2) is 59.7 Å². The molecule has 1 aromatic heterocycles. The summed E-state index contributed by atoms with van der Waals surface area (Å²) in [6, 6.07) is 16.3. The number of aromatic nitrogens is 1. The number of benzene rings is 1. The Hall–Kier alpha value is -2.36. The van der Waals surface area contributed by atoms with Gasteiger partial charge in [-0.05, 0) is 35.4 Å². The minimum atomic E-state index is 0.220. The Morgan fingerprint density at radius 3 is 2.76 bits per heavy atom. The van der Waals surface area contributed by atoms with Crippen LogP contribution in [0.4, 0.5) is 5.82 Å². The third kappa shape index (κ3) is 3.21. The second-order valence-corrected chi connectivity index (χ2v) is 5.86. The summed E-state index contributed by atoms with van der Waals surface area (Å²) in [5.74, 6) is 1.73. The molecule has 1 aliphatic carbocycles. The summed E-state index contributed by atoms with van der Waals surface area (Å²) in [5, 5.41) is 3.01. The highest BCUT2D eigenvalue weighted by Gasteiger charge is 2.50. The summed E-state index contributed by atoms with van der Waals surface area (Å²) in [4.78, 5) is 8.64. The summed E-state index contributed by atoms with van der Waals surface area (Å²) in [6.45, 7) is 3.00. The number of pyridine rings is 1. The molecule has 1 fully saturated rings. The summed E-state index contributed by atoms with van der Waals surface area (Å²) in [7, 11) is 0. The summed E-state index contributed by atoms with van der Waals surface area (Å²) in [5.41, 5.74) is 7.54. The van der Waals surface area contributed by atoms with Crippen molar-refractivity contribution < 1.29 is 0 Å². The maximum absolute atomic E-state index is 5.92. The SMILES string of the molecule is C[C@@]1(CN=C(N)Nc2ccccn2)C[C@H]1c1ccccc1. The first kappa shape index (κ1) is 13.6. The lowest BCUT2D eigenvalue weighted by Crippen LogP contribution is -2.24. The molecule has 4 heteroatoms. The molecule has 3 N–H and O–H groups in total. The van der Waals surface area contributed by atoms with Crippen LogP contribution in [-0.2, 0) is 0 Å². The van der Waals surface area contributed by atoms with Crippen molar-refractivity contribution in [2.75, 3.05) is 11.9 Å². The van der Waals surface area contributed by atoms with Gasteiger partial charge in [-0.2, -0.15) is 0 Å². The Kier molecular flexibility index (Phi) is 3.60. The van der Waals surface area contributed by atoms with Crippen LogP contribution in [-0.4, -0.2) is 17.5 Å². The van der Waals surface area contributed by atoms with Crippen LogP contribution in [0.2, 0.25) is 0 Å². The van der Waals surface area contributed by atoms with Crippen LogP contribution in [0.3, 0.4) is 0 Å². The van der Waals surface area contributed by atoms with Gasteiger partial charge in [0, 0.05) is 12.7 Å². The maximum atomic E-state index is 5.92. The number of hydrogen-bond acceptors (Lipinski definition) is 2. The smallest absolute Gasteiger partial charge is 0.194 e. The highest BCUT2D eigenvalue weighted by atomic mass is 15.1. The molecule has 0 spiro atoms. The van der Waals surface area contributed by atoms with E-state index in [0.29, 0.717) is 11.9 Å². The van der Waals surface area contributed by atoms with Crippen molar-refractivity contribution in [1.82, 2.24) is 4.98 Å². The normalized spacial score (nSPS) is 24.6. The standard InChI is InChI=1S/C17H20N4/c1-17(11-14(17)13-7-3-2-4-8-13)12-20-16(18)21-15-9-5-6-10-19-15/h2-10,14H,11-12H2,1H3,(H3,18,19,20,21)/t14-,17-/m0/s1. The zero-order valence-corrected chi connectivity index (χ0v) is 12.2. The highest BCUT2D eigenvalue weighted by molar-refractivity contribution is 5.91. The Labute approximate surface area is 125 Å². The molecule has 1 saturated carbocycles. The topological polar surface area (TPSA) is 63.3 Å². The number of nitrogens with zero attached hydrogens (tertiary/aromatic N) is 2. The van der Waals surface area contributed by atoms with Gasteiger partial charge in [-0.25, -0.2) is 4.98 Å². The molecule has 1 aromatic carbocycles. The first-order valence-corrected chi connectivity index (χ1v) is 7.20. The fraction of sp³-hybridized carbons (Fsp3) is 0.294. The van der Waals surface area contributed by atoms with Gasteiger partial charge in [-0.1, -0.05) is 43.3 Å². The monoisotopic (exact) mass is 280 g/mol. The van der Waals surface area contributed by atoms with E-state index < -0.39 is 0 Å². The molecule has 2 atom stereocenters. The molecule has 0 bridgehead atoms. The predicted molar refractivity (Wildman–Crippen MR) is 86.3 cm³/mol. The van der Waals surface area contributed by atoms with Gasteiger partial charge in [0.25, 0.3) is 0 Å². The molecule has 0 saturated heterocycles. The van der Waals surface area contributed by atoms with E-state index in [4.69, 9.17) is 5.73 Å². The van der Waals surface area contributed by atoms with Gasteiger partial charge in [-0.15, -0.1) is 0 Å². The average Bonchev–Trinajstić information content (AvgIpc) is 3.20. The predicted octanol–water partition coefficient (Wildman–Crippen LogP) is 3.00. The molecular weight excluding hydrogens is 260 g/mol. The number of aliphatic imine (C=N–C) groups is 1. The van der Waals surface area contributed by atoms with Gasteiger partial charge in [-0.3, -0.25) is 4.99 Å². The van der Waals surface area contributed by atoms with E-state index in [-0.39, 0.29) is 5.41 Å². The van der Waals surface area contributed by atoms with E-state index in [2.05, 4.69) is 52.5 Å².